The number of nitrogens with one attached hydrogen (secondary N) is 1. The molecule has 4 nitrogen and oxygen atoms in total. The van der Waals surface area contributed by atoms with Crippen LogP contribution in [0.2, 0.25) is 0 Å². The van der Waals surface area contributed by atoms with Crippen molar-refractivity contribution in [3.63, 3.8) is 0 Å². The third-order valence-electron chi connectivity index (χ3n) is 4.04. The first kappa shape index (κ1) is 13.4. The Kier molecular flexibility index (Phi) is 3.92. The van der Waals surface area contributed by atoms with Gasteiger partial charge in [0.2, 0.25) is 0 Å². The van der Waals surface area contributed by atoms with E-state index in [-0.39, 0.29) is 12.5 Å². The Hall–Kier alpha value is -1.55. The molecule has 2 aliphatic rings. The van der Waals surface area contributed by atoms with E-state index in [2.05, 4.69) is 12.2 Å². The summed E-state index contributed by atoms with van der Waals surface area (Å²) in [5.41, 5.74) is 0.910. The highest BCUT2D eigenvalue weighted by molar-refractivity contribution is 5.97. The minimum absolute atomic E-state index is 0.0626. The predicted molar refractivity (Wildman–Crippen MR) is 79.1 cm³/mol. The molecule has 1 unspecified atom stereocenters. The van der Waals surface area contributed by atoms with Crippen molar-refractivity contribution in [2.24, 2.45) is 5.92 Å². The number of fused-ring (bicyclic) bond motifs is 1. The number of hydrogen-bond donors (Lipinski definition) is 1. The maximum Gasteiger partial charge on any atom is 0.265 e. The van der Waals surface area contributed by atoms with Gasteiger partial charge in [0.25, 0.3) is 5.91 Å². The molecule has 1 amide bonds. The van der Waals surface area contributed by atoms with Crippen molar-refractivity contribution in [3.05, 3.63) is 24.3 Å². The molecule has 1 aromatic rings. The summed E-state index contributed by atoms with van der Waals surface area (Å²) in [6.07, 6.45) is 3.68. The van der Waals surface area contributed by atoms with Crippen molar-refractivity contribution >= 4 is 11.6 Å². The number of anilines is 1. The Morgan fingerprint density at radius 3 is 2.95 bits per heavy atom. The Bertz CT molecular complexity index is 485. The van der Waals surface area contributed by atoms with E-state index in [0.29, 0.717) is 6.04 Å². The van der Waals surface area contributed by atoms with E-state index in [4.69, 9.17) is 4.74 Å². The summed E-state index contributed by atoms with van der Waals surface area (Å²) in [5.74, 6) is 1.61. The van der Waals surface area contributed by atoms with Gasteiger partial charge in [-0.05, 0) is 43.9 Å². The highest BCUT2D eigenvalue weighted by Crippen LogP contribution is 2.36. The van der Waals surface area contributed by atoms with Crippen LogP contribution in [0.25, 0.3) is 0 Å². The fourth-order valence-corrected chi connectivity index (χ4v) is 2.76. The number of amides is 1. The summed E-state index contributed by atoms with van der Waals surface area (Å²) >= 11 is 0. The monoisotopic (exact) mass is 274 g/mol. The molecule has 0 saturated heterocycles. The molecule has 1 atom stereocenters. The van der Waals surface area contributed by atoms with E-state index in [9.17, 15) is 4.79 Å². The van der Waals surface area contributed by atoms with Crippen LogP contribution >= 0.6 is 0 Å². The standard InChI is InChI=1S/C16H22N2O2/c1-2-9-17-13(12-7-8-12)10-18-14-5-3-4-6-15(14)20-11-16(18)19/h3-6,12-13,17H,2,7-11H2,1H3. The highest BCUT2D eigenvalue weighted by Gasteiger charge is 2.35. The Morgan fingerprint density at radius 1 is 1.40 bits per heavy atom. The van der Waals surface area contributed by atoms with Gasteiger partial charge >= 0.3 is 0 Å². The lowest BCUT2D eigenvalue weighted by atomic mass is 10.1. The van der Waals surface area contributed by atoms with E-state index in [1.54, 1.807) is 0 Å². The van der Waals surface area contributed by atoms with Crippen LogP contribution in [-0.4, -0.2) is 31.6 Å². The minimum Gasteiger partial charge on any atom is -0.482 e. The van der Waals surface area contributed by atoms with Crippen LogP contribution < -0.4 is 15.0 Å². The number of ether oxygens (including phenoxy) is 1. The van der Waals surface area contributed by atoms with Crippen molar-refractivity contribution in [2.75, 3.05) is 24.6 Å². The number of benzene rings is 1. The number of nitrogens with zero attached hydrogens (tertiary/aromatic N) is 1. The second-order valence-corrected chi connectivity index (χ2v) is 5.66. The largest absolute Gasteiger partial charge is 0.482 e. The number of para-hydroxylation sites is 2. The van der Waals surface area contributed by atoms with Gasteiger partial charge in [0, 0.05) is 12.6 Å². The Morgan fingerprint density at radius 2 is 2.20 bits per heavy atom. The fourth-order valence-electron chi connectivity index (χ4n) is 2.76. The number of hydrogen-bond acceptors (Lipinski definition) is 3. The first-order valence-corrected chi connectivity index (χ1v) is 7.55. The maximum absolute atomic E-state index is 12.2. The van der Waals surface area contributed by atoms with Crippen LogP contribution in [0.1, 0.15) is 26.2 Å². The van der Waals surface area contributed by atoms with E-state index < -0.39 is 0 Å². The van der Waals surface area contributed by atoms with E-state index in [0.717, 1.165) is 36.9 Å². The molecule has 0 radical (unpaired) electrons. The summed E-state index contributed by atoms with van der Waals surface area (Å²) < 4.78 is 5.49. The summed E-state index contributed by atoms with van der Waals surface area (Å²) in [4.78, 5) is 14.1. The first-order chi connectivity index (χ1) is 9.79. The lowest BCUT2D eigenvalue weighted by Gasteiger charge is -2.32. The molecule has 1 aliphatic heterocycles. The zero-order chi connectivity index (χ0) is 13.9. The zero-order valence-corrected chi connectivity index (χ0v) is 12.0. The summed E-state index contributed by atoms with van der Waals surface area (Å²) in [7, 11) is 0. The molecule has 1 aliphatic carbocycles. The maximum atomic E-state index is 12.2. The average molecular weight is 274 g/mol. The van der Waals surface area contributed by atoms with Crippen molar-refractivity contribution in [2.45, 2.75) is 32.2 Å². The third-order valence-corrected chi connectivity index (χ3v) is 4.04. The third kappa shape index (κ3) is 2.80. The normalized spacial score (nSPS) is 19.4. The molecule has 1 fully saturated rings. The Labute approximate surface area is 120 Å². The predicted octanol–water partition coefficient (Wildman–Crippen LogP) is 2.19. The second-order valence-electron chi connectivity index (χ2n) is 5.66. The molecular formula is C16H22N2O2. The van der Waals surface area contributed by atoms with Crippen LogP contribution in [0.15, 0.2) is 24.3 Å². The van der Waals surface area contributed by atoms with Gasteiger partial charge < -0.3 is 15.0 Å². The van der Waals surface area contributed by atoms with Crippen molar-refractivity contribution in [3.8, 4) is 5.75 Å². The summed E-state index contributed by atoms with van der Waals surface area (Å²) in [5, 5.41) is 3.60. The molecule has 1 heterocycles. The van der Waals surface area contributed by atoms with Gasteiger partial charge in [0.1, 0.15) is 5.75 Å². The Balaban J connectivity index is 1.76. The van der Waals surface area contributed by atoms with Gasteiger partial charge in [-0.15, -0.1) is 0 Å². The first-order valence-electron chi connectivity index (χ1n) is 7.55. The quantitative estimate of drug-likeness (QED) is 0.864. The van der Waals surface area contributed by atoms with Gasteiger partial charge in [-0.25, -0.2) is 0 Å². The van der Waals surface area contributed by atoms with E-state index >= 15 is 0 Å². The smallest absolute Gasteiger partial charge is 0.265 e. The fraction of sp³-hybridized carbons (Fsp3) is 0.562. The van der Waals surface area contributed by atoms with E-state index in [1.807, 2.05) is 29.2 Å². The van der Waals surface area contributed by atoms with Crippen molar-refractivity contribution < 1.29 is 9.53 Å². The lowest BCUT2D eigenvalue weighted by Crippen LogP contribution is -2.48. The molecule has 0 aromatic heterocycles. The number of rotatable bonds is 6. The van der Waals surface area contributed by atoms with Crippen molar-refractivity contribution in [1.29, 1.82) is 0 Å². The molecule has 0 spiro atoms. The minimum atomic E-state index is 0.0626. The number of carbonyl (C=O) groups is 1. The van der Waals surface area contributed by atoms with Gasteiger partial charge in [-0.1, -0.05) is 19.1 Å². The number of carbonyl (C=O) groups excluding carboxylic acids is 1. The zero-order valence-electron chi connectivity index (χ0n) is 12.0. The average Bonchev–Trinajstić information content (AvgIpc) is 3.30. The second kappa shape index (κ2) is 5.83. The molecule has 3 rings (SSSR count). The van der Waals surface area contributed by atoms with Gasteiger partial charge in [0.05, 0.1) is 5.69 Å². The SMILES string of the molecule is CCCNC(CN1C(=O)COc2ccccc21)C1CC1. The van der Waals surface area contributed by atoms with Crippen LogP contribution in [0.4, 0.5) is 5.69 Å². The van der Waals surface area contributed by atoms with Crippen LogP contribution in [0.3, 0.4) is 0 Å². The molecular weight excluding hydrogens is 252 g/mol. The van der Waals surface area contributed by atoms with Crippen molar-refractivity contribution in [1.82, 2.24) is 5.32 Å². The molecule has 108 valence electrons. The highest BCUT2D eigenvalue weighted by atomic mass is 16.5. The summed E-state index contributed by atoms with van der Waals surface area (Å²) in [6.45, 7) is 4.10. The molecule has 1 aromatic carbocycles. The van der Waals surface area contributed by atoms with Crippen LogP contribution in [0.5, 0.6) is 5.75 Å². The van der Waals surface area contributed by atoms with Gasteiger partial charge in [-0.2, -0.15) is 0 Å². The molecule has 0 bridgehead atoms. The summed E-state index contributed by atoms with van der Waals surface area (Å²) in [6, 6.07) is 8.21. The molecule has 1 N–H and O–H groups in total. The van der Waals surface area contributed by atoms with Crippen LogP contribution in [0, 0.1) is 5.92 Å². The van der Waals surface area contributed by atoms with Crippen LogP contribution in [-0.2, 0) is 4.79 Å². The van der Waals surface area contributed by atoms with E-state index in [1.165, 1.54) is 12.8 Å². The topological polar surface area (TPSA) is 41.6 Å². The molecule has 20 heavy (non-hydrogen) atoms. The molecule has 4 heteroatoms. The lowest BCUT2D eigenvalue weighted by molar-refractivity contribution is -0.121. The van der Waals surface area contributed by atoms with Gasteiger partial charge in [-0.3, -0.25) is 4.79 Å². The molecule has 1 saturated carbocycles. The van der Waals surface area contributed by atoms with Gasteiger partial charge in [0.15, 0.2) is 6.61 Å².